The number of ether oxygens (including phenoxy) is 1. The van der Waals surface area contributed by atoms with Gasteiger partial charge < -0.3 is 4.74 Å². The quantitative estimate of drug-likeness (QED) is 0.349. The molecule has 0 saturated heterocycles. The molecule has 1 aliphatic rings. The van der Waals surface area contributed by atoms with Crippen LogP contribution in [0, 0.1) is 17.0 Å². The van der Waals surface area contributed by atoms with Crippen LogP contribution < -0.4 is 0 Å². The highest BCUT2D eigenvalue weighted by Crippen LogP contribution is 2.47. The molecular weight excluding hydrogens is 378 g/mol. The maximum atomic E-state index is 11.9. The number of esters is 1. The van der Waals surface area contributed by atoms with Gasteiger partial charge in [-0.2, -0.15) is 0 Å². The van der Waals surface area contributed by atoms with Crippen LogP contribution in [0.4, 0.5) is 5.69 Å². The molecule has 5 heteroatoms. The smallest absolute Gasteiger partial charge is 0.344 e. The number of fused-ring (bicyclic) bond motifs is 1. The molecule has 0 heterocycles. The van der Waals surface area contributed by atoms with Gasteiger partial charge in [-0.15, -0.1) is 0 Å². The number of hydrogen-bond donors (Lipinski definition) is 0. The van der Waals surface area contributed by atoms with E-state index in [1.165, 1.54) is 30.4 Å². The molecule has 1 aliphatic carbocycles. The zero-order valence-electron chi connectivity index (χ0n) is 18.6. The van der Waals surface area contributed by atoms with E-state index in [1.54, 1.807) is 6.07 Å². The van der Waals surface area contributed by atoms with E-state index in [0.717, 1.165) is 24.0 Å². The Balaban J connectivity index is 2.14. The van der Waals surface area contributed by atoms with E-state index in [1.807, 2.05) is 0 Å². The summed E-state index contributed by atoms with van der Waals surface area (Å²) >= 11 is 0. The van der Waals surface area contributed by atoms with Crippen LogP contribution in [0.3, 0.4) is 0 Å². The third-order valence-corrected chi connectivity index (χ3v) is 6.47. The average molecular weight is 408 g/mol. The minimum Gasteiger partial charge on any atom is -0.465 e. The first-order valence-corrected chi connectivity index (χ1v) is 10.1. The van der Waals surface area contributed by atoms with E-state index in [9.17, 15) is 14.9 Å². The molecular formula is C25H29NO4. The number of benzene rings is 2. The lowest BCUT2D eigenvalue weighted by molar-refractivity contribution is -0.385. The first-order valence-electron chi connectivity index (χ1n) is 10.1. The fraction of sp³-hybridized carbons (Fsp3) is 0.400. The summed E-state index contributed by atoms with van der Waals surface area (Å²) < 4.78 is 4.67. The number of nitro groups is 1. The Labute approximate surface area is 177 Å². The lowest BCUT2D eigenvalue weighted by atomic mass is 9.62. The zero-order chi connectivity index (χ0) is 22.4. The number of aryl methyl sites for hydroxylation is 1. The van der Waals surface area contributed by atoms with Crippen molar-refractivity contribution in [2.24, 2.45) is 0 Å². The largest absolute Gasteiger partial charge is 0.465 e. The monoisotopic (exact) mass is 407 g/mol. The molecule has 0 spiro atoms. The van der Waals surface area contributed by atoms with E-state index in [0.29, 0.717) is 11.1 Å². The first-order chi connectivity index (χ1) is 13.9. The fourth-order valence-corrected chi connectivity index (χ4v) is 4.36. The second-order valence-corrected chi connectivity index (χ2v) is 9.44. The van der Waals surface area contributed by atoms with E-state index in [2.05, 4.69) is 58.1 Å². The molecule has 0 amide bonds. The van der Waals surface area contributed by atoms with E-state index < -0.39 is 10.9 Å². The highest BCUT2D eigenvalue weighted by molar-refractivity contribution is 5.95. The van der Waals surface area contributed by atoms with Gasteiger partial charge in [0, 0.05) is 6.07 Å². The Morgan fingerprint density at radius 1 is 1.03 bits per heavy atom. The van der Waals surface area contributed by atoms with E-state index in [-0.39, 0.29) is 22.1 Å². The lowest BCUT2D eigenvalue weighted by Crippen LogP contribution is -2.34. The highest BCUT2D eigenvalue weighted by atomic mass is 16.6. The zero-order valence-corrected chi connectivity index (χ0v) is 18.6. The first kappa shape index (κ1) is 21.8. The summed E-state index contributed by atoms with van der Waals surface area (Å²) in [5.74, 6) is -0.729. The van der Waals surface area contributed by atoms with Crippen LogP contribution in [-0.2, 0) is 15.6 Å². The summed E-state index contributed by atoms with van der Waals surface area (Å²) in [5.41, 5.74) is 5.86. The van der Waals surface area contributed by atoms with Crippen LogP contribution in [0.2, 0.25) is 0 Å². The summed E-state index contributed by atoms with van der Waals surface area (Å²) in [5, 5.41) is 11.5. The molecule has 30 heavy (non-hydrogen) atoms. The number of carbonyl (C=O) groups excluding carboxylic acids is 1. The van der Waals surface area contributed by atoms with Gasteiger partial charge in [-0.25, -0.2) is 4.79 Å². The molecule has 0 unspecified atom stereocenters. The molecule has 3 rings (SSSR count). The van der Waals surface area contributed by atoms with Crippen molar-refractivity contribution in [3.05, 3.63) is 80.4 Å². The number of carbonyl (C=O) groups is 1. The number of nitrogens with zero attached hydrogens (tertiary/aromatic N) is 1. The summed E-state index contributed by atoms with van der Waals surface area (Å²) in [4.78, 5) is 22.9. The van der Waals surface area contributed by atoms with Crippen molar-refractivity contribution in [3.63, 3.8) is 0 Å². The maximum absolute atomic E-state index is 11.9. The molecule has 5 nitrogen and oxygen atoms in total. The Morgan fingerprint density at radius 2 is 1.60 bits per heavy atom. The van der Waals surface area contributed by atoms with Crippen LogP contribution in [0.5, 0.6) is 0 Å². The third-order valence-electron chi connectivity index (χ3n) is 6.47. The molecule has 0 bridgehead atoms. The molecule has 158 valence electrons. The van der Waals surface area contributed by atoms with Gasteiger partial charge in [0.2, 0.25) is 0 Å². The van der Waals surface area contributed by atoms with Crippen LogP contribution in [0.15, 0.2) is 36.9 Å². The van der Waals surface area contributed by atoms with Gasteiger partial charge >= 0.3 is 5.97 Å². The van der Waals surface area contributed by atoms with Crippen molar-refractivity contribution in [1.29, 1.82) is 0 Å². The van der Waals surface area contributed by atoms with Crippen LogP contribution in [-0.4, -0.2) is 18.0 Å². The number of hydrogen-bond acceptors (Lipinski definition) is 4. The maximum Gasteiger partial charge on any atom is 0.344 e. The second-order valence-electron chi connectivity index (χ2n) is 9.44. The molecule has 0 aromatic heterocycles. The Hall–Kier alpha value is -2.95. The minimum atomic E-state index is -0.729. The molecule has 0 aliphatic heterocycles. The second kappa shape index (κ2) is 7.38. The van der Waals surface area contributed by atoms with Crippen molar-refractivity contribution < 1.29 is 14.5 Å². The van der Waals surface area contributed by atoms with Crippen LogP contribution >= 0.6 is 0 Å². The van der Waals surface area contributed by atoms with Crippen molar-refractivity contribution in [3.8, 4) is 0 Å². The molecule has 2 aromatic carbocycles. The third kappa shape index (κ3) is 3.64. The van der Waals surface area contributed by atoms with E-state index >= 15 is 0 Å². The topological polar surface area (TPSA) is 69.4 Å². The molecule has 0 saturated carbocycles. The van der Waals surface area contributed by atoms with Crippen LogP contribution in [0.25, 0.3) is 5.57 Å². The van der Waals surface area contributed by atoms with Gasteiger partial charge in [0.05, 0.1) is 12.0 Å². The normalized spacial score (nSPS) is 16.5. The number of nitro benzene ring substituents is 1. The Kier molecular flexibility index (Phi) is 5.35. The lowest BCUT2D eigenvalue weighted by Gasteiger charge is -2.42. The average Bonchev–Trinajstić information content (AvgIpc) is 2.69. The molecule has 0 atom stereocenters. The molecule has 0 radical (unpaired) electrons. The number of methoxy groups -OCH3 is 1. The van der Waals surface area contributed by atoms with Gasteiger partial charge in [-0.3, -0.25) is 10.1 Å². The van der Waals surface area contributed by atoms with Gasteiger partial charge in [-0.05, 0) is 70.1 Å². The highest BCUT2D eigenvalue weighted by Gasteiger charge is 2.37. The summed E-state index contributed by atoms with van der Waals surface area (Å²) in [6.07, 6.45) is 2.23. The van der Waals surface area contributed by atoms with Gasteiger partial charge in [0.1, 0.15) is 5.56 Å². The molecule has 2 aromatic rings. The van der Waals surface area contributed by atoms with Crippen molar-refractivity contribution in [1.82, 2.24) is 0 Å². The van der Waals surface area contributed by atoms with Gasteiger partial charge in [0.15, 0.2) is 0 Å². The van der Waals surface area contributed by atoms with Crippen molar-refractivity contribution in [2.45, 2.75) is 58.3 Å². The summed E-state index contributed by atoms with van der Waals surface area (Å²) in [7, 11) is 1.21. The molecule has 0 N–H and O–H groups in total. The SMILES string of the molecule is C=C(c1ccc(C(=O)OC)c([N+](=O)[O-])c1)c1cc2c(cc1C)C(C)(C)CCC2(C)C. The predicted octanol–water partition coefficient (Wildman–Crippen LogP) is 6.10. The summed E-state index contributed by atoms with van der Waals surface area (Å²) in [6.45, 7) is 15.4. The standard InChI is InChI=1S/C25H29NO4/c1-15-12-20-21(25(5,6)11-10-24(20,3)4)14-19(15)16(2)17-8-9-18(23(27)30-7)22(13-17)26(28)29/h8-9,12-14H,2,10-11H2,1,3-7H3. The Morgan fingerprint density at radius 3 is 2.13 bits per heavy atom. The van der Waals surface area contributed by atoms with Gasteiger partial charge in [0.25, 0.3) is 5.69 Å². The Bertz CT molecular complexity index is 1060. The van der Waals surface area contributed by atoms with Crippen molar-refractivity contribution >= 4 is 17.2 Å². The van der Waals surface area contributed by atoms with Crippen LogP contribution in [0.1, 0.15) is 78.7 Å². The summed E-state index contributed by atoms with van der Waals surface area (Å²) in [6, 6.07) is 8.98. The predicted molar refractivity (Wildman–Crippen MR) is 119 cm³/mol. The van der Waals surface area contributed by atoms with Gasteiger partial charge in [-0.1, -0.05) is 52.5 Å². The van der Waals surface area contributed by atoms with Crippen molar-refractivity contribution in [2.75, 3.05) is 7.11 Å². The number of rotatable bonds is 4. The molecule has 0 fully saturated rings. The minimum absolute atomic E-state index is 0.0499. The fourth-order valence-electron chi connectivity index (χ4n) is 4.36. The van der Waals surface area contributed by atoms with E-state index in [4.69, 9.17) is 0 Å².